The summed E-state index contributed by atoms with van der Waals surface area (Å²) in [4.78, 5) is 17.0. The maximum atomic E-state index is 13.9. The van der Waals surface area contributed by atoms with Crippen LogP contribution in [0.1, 0.15) is 47.7 Å². The largest absolute Gasteiger partial charge is 0.374 e. The summed E-state index contributed by atoms with van der Waals surface area (Å²) in [5, 5.41) is 3.05. The maximum Gasteiger partial charge on any atom is 0.251 e. The Kier molecular flexibility index (Phi) is 5.18. The molecule has 2 aromatic rings. The molecule has 1 atom stereocenters. The maximum absolute atomic E-state index is 13.9. The molecule has 25 heavy (non-hydrogen) atoms. The third-order valence-corrected chi connectivity index (χ3v) is 4.33. The zero-order valence-electron chi connectivity index (χ0n) is 14.9. The highest BCUT2D eigenvalue weighted by Gasteiger charge is 2.22. The van der Waals surface area contributed by atoms with Crippen molar-refractivity contribution in [3.8, 4) is 0 Å². The molecule has 1 aliphatic heterocycles. The van der Waals surface area contributed by atoms with Gasteiger partial charge in [-0.3, -0.25) is 4.79 Å². The Morgan fingerprint density at radius 3 is 3.04 bits per heavy atom. The van der Waals surface area contributed by atoms with E-state index in [1.165, 1.54) is 12.1 Å². The summed E-state index contributed by atoms with van der Waals surface area (Å²) in [5.74, 6) is 0.530. The number of fused-ring (bicyclic) bond motifs is 1. The predicted molar refractivity (Wildman–Crippen MR) is 92.9 cm³/mol. The minimum absolute atomic E-state index is 0.00644. The molecule has 0 bridgehead atoms. The van der Waals surface area contributed by atoms with Crippen LogP contribution in [0.15, 0.2) is 24.4 Å². The highest BCUT2D eigenvalue weighted by atomic mass is 19.1. The van der Waals surface area contributed by atoms with Crippen molar-refractivity contribution in [3.05, 3.63) is 52.9 Å². The third-order valence-electron chi connectivity index (χ3n) is 4.33. The molecule has 2 heterocycles. The van der Waals surface area contributed by atoms with Crippen LogP contribution in [0.3, 0.4) is 0 Å². The van der Waals surface area contributed by atoms with Crippen LogP contribution in [-0.2, 0) is 24.3 Å². The van der Waals surface area contributed by atoms with Crippen LogP contribution in [0.2, 0.25) is 0 Å². The Hall–Kier alpha value is -2.21. The lowest BCUT2D eigenvalue weighted by Gasteiger charge is -2.24. The Balaban J connectivity index is 1.66. The molecule has 3 rings (SSSR count). The van der Waals surface area contributed by atoms with Gasteiger partial charge in [0.15, 0.2) is 0 Å². The van der Waals surface area contributed by atoms with E-state index in [2.05, 4.69) is 14.9 Å². The lowest BCUT2D eigenvalue weighted by atomic mass is 10.1. The van der Waals surface area contributed by atoms with Gasteiger partial charge < -0.3 is 14.6 Å². The number of aromatic nitrogens is 2. The number of aryl methyl sites for hydroxylation is 2. The fraction of sp³-hybridized carbons (Fsp3) is 0.474. The quantitative estimate of drug-likeness (QED) is 0.906. The first-order valence-electron chi connectivity index (χ1n) is 8.66. The Bertz CT molecular complexity index is 770. The standard InChI is InChI=1S/C19H24FN3O2/c1-12(2)25-11-15-8-14(4-6-17(15)20)19(24)22-16-5-7-18-21-13(3)9-23(18)10-16/h4,6,8-9,12,16H,5,7,10-11H2,1-3H3,(H,22,24)/t16-/m1/s1. The molecule has 0 saturated heterocycles. The Morgan fingerprint density at radius 1 is 1.48 bits per heavy atom. The molecule has 0 radical (unpaired) electrons. The second kappa shape index (κ2) is 7.35. The number of carbonyl (C=O) groups excluding carboxylic acids is 1. The van der Waals surface area contributed by atoms with Gasteiger partial charge in [0.1, 0.15) is 11.6 Å². The highest BCUT2D eigenvalue weighted by molar-refractivity contribution is 5.94. The van der Waals surface area contributed by atoms with E-state index in [1.807, 2.05) is 27.0 Å². The summed E-state index contributed by atoms with van der Waals surface area (Å²) in [6.07, 6.45) is 3.71. The summed E-state index contributed by atoms with van der Waals surface area (Å²) in [6.45, 7) is 6.63. The van der Waals surface area contributed by atoms with Crippen molar-refractivity contribution in [2.75, 3.05) is 0 Å². The van der Waals surface area contributed by atoms with E-state index < -0.39 is 0 Å². The van der Waals surface area contributed by atoms with E-state index in [-0.39, 0.29) is 30.5 Å². The van der Waals surface area contributed by atoms with E-state index >= 15 is 0 Å². The number of rotatable bonds is 5. The van der Waals surface area contributed by atoms with Gasteiger partial charge in [-0.2, -0.15) is 0 Å². The van der Waals surface area contributed by atoms with Gasteiger partial charge in [0.25, 0.3) is 5.91 Å². The number of imidazole rings is 1. The number of amides is 1. The molecular weight excluding hydrogens is 321 g/mol. The highest BCUT2D eigenvalue weighted by Crippen LogP contribution is 2.17. The van der Waals surface area contributed by atoms with Crippen LogP contribution < -0.4 is 5.32 Å². The first-order valence-corrected chi connectivity index (χ1v) is 8.66. The van der Waals surface area contributed by atoms with Gasteiger partial charge in [0, 0.05) is 36.3 Å². The zero-order valence-corrected chi connectivity index (χ0v) is 14.9. The number of ether oxygens (including phenoxy) is 1. The van der Waals surface area contributed by atoms with Crippen LogP contribution in [0.4, 0.5) is 4.39 Å². The normalized spacial score (nSPS) is 16.8. The van der Waals surface area contributed by atoms with Crippen molar-refractivity contribution < 1.29 is 13.9 Å². The molecule has 6 heteroatoms. The molecule has 1 aromatic heterocycles. The predicted octanol–water partition coefficient (Wildman–Crippen LogP) is 3.00. The van der Waals surface area contributed by atoms with E-state index in [4.69, 9.17) is 4.74 Å². The van der Waals surface area contributed by atoms with E-state index in [0.717, 1.165) is 24.4 Å². The van der Waals surface area contributed by atoms with Crippen molar-refractivity contribution in [3.63, 3.8) is 0 Å². The molecule has 1 aliphatic rings. The minimum atomic E-state index is -0.353. The van der Waals surface area contributed by atoms with Gasteiger partial charge in [-0.25, -0.2) is 9.37 Å². The van der Waals surface area contributed by atoms with Crippen molar-refractivity contribution >= 4 is 5.91 Å². The van der Waals surface area contributed by atoms with Gasteiger partial charge in [0.05, 0.1) is 18.4 Å². The molecule has 0 saturated carbocycles. The molecule has 0 unspecified atom stereocenters. The fourth-order valence-electron chi connectivity index (χ4n) is 3.06. The van der Waals surface area contributed by atoms with Crippen LogP contribution in [0.5, 0.6) is 0 Å². The van der Waals surface area contributed by atoms with Crippen molar-refractivity contribution in [1.29, 1.82) is 0 Å². The SMILES string of the molecule is Cc1cn2c(n1)CC[C@@H](NC(=O)c1ccc(F)c(COC(C)C)c1)C2. The first-order chi connectivity index (χ1) is 11.9. The smallest absolute Gasteiger partial charge is 0.251 e. The molecule has 1 amide bonds. The summed E-state index contributed by atoms with van der Waals surface area (Å²) >= 11 is 0. The fourth-order valence-corrected chi connectivity index (χ4v) is 3.06. The van der Waals surface area contributed by atoms with Gasteiger partial charge in [-0.15, -0.1) is 0 Å². The topological polar surface area (TPSA) is 56.2 Å². The number of benzene rings is 1. The molecule has 134 valence electrons. The summed E-state index contributed by atoms with van der Waals surface area (Å²) in [6, 6.07) is 4.46. The summed E-state index contributed by atoms with van der Waals surface area (Å²) in [5.41, 5.74) is 1.85. The lowest BCUT2D eigenvalue weighted by Crippen LogP contribution is -2.40. The number of halogens is 1. The van der Waals surface area contributed by atoms with E-state index in [9.17, 15) is 9.18 Å². The van der Waals surface area contributed by atoms with Crippen LogP contribution in [0, 0.1) is 12.7 Å². The molecule has 0 fully saturated rings. The van der Waals surface area contributed by atoms with Gasteiger partial charge >= 0.3 is 0 Å². The molecule has 0 aliphatic carbocycles. The minimum Gasteiger partial charge on any atom is -0.374 e. The lowest BCUT2D eigenvalue weighted by molar-refractivity contribution is 0.0638. The number of nitrogens with one attached hydrogen (secondary N) is 1. The second-order valence-corrected chi connectivity index (χ2v) is 6.83. The second-order valence-electron chi connectivity index (χ2n) is 6.83. The third kappa shape index (κ3) is 4.25. The number of nitrogens with zero attached hydrogens (tertiary/aromatic N) is 2. The molecule has 5 nitrogen and oxygen atoms in total. The zero-order chi connectivity index (χ0) is 18.0. The molecule has 1 aromatic carbocycles. The van der Waals surface area contributed by atoms with Crippen molar-refractivity contribution in [1.82, 2.24) is 14.9 Å². The molecular formula is C19H24FN3O2. The number of hydrogen-bond acceptors (Lipinski definition) is 3. The average molecular weight is 345 g/mol. The van der Waals surface area contributed by atoms with Crippen LogP contribution in [-0.4, -0.2) is 27.6 Å². The summed E-state index contributed by atoms with van der Waals surface area (Å²) < 4.78 is 21.4. The van der Waals surface area contributed by atoms with Crippen LogP contribution >= 0.6 is 0 Å². The number of carbonyl (C=O) groups is 1. The van der Waals surface area contributed by atoms with Crippen LogP contribution in [0.25, 0.3) is 0 Å². The van der Waals surface area contributed by atoms with Gasteiger partial charge in [0.2, 0.25) is 0 Å². The van der Waals surface area contributed by atoms with E-state index in [1.54, 1.807) is 6.07 Å². The van der Waals surface area contributed by atoms with E-state index in [0.29, 0.717) is 17.7 Å². The van der Waals surface area contributed by atoms with Gasteiger partial charge in [-0.1, -0.05) is 0 Å². The van der Waals surface area contributed by atoms with Crippen molar-refractivity contribution in [2.45, 2.75) is 58.9 Å². The Labute approximate surface area is 147 Å². The molecule has 1 N–H and O–H groups in total. The summed E-state index contributed by atoms with van der Waals surface area (Å²) in [7, 11) is 0. The van der Waals surface area contributed by atoms with Crippen molar-refractivity contribution in [2.24, 2.45) is 0 Å². The number of hydrogen-bond donors (Lipinski definition) is 1. The first kappa shape index (κ1) is 17.6. The van der Waals surface area contributed by atoms with Gasteiger partial charge in [-0.05, 0) is 45.4 Å². The Morgan fingerprint density at radius 2 is 2.28 bits per heavy atom. The average Bonchev–Trinajstić information content (AvgIpc) is 2.93. The molecule has 0 spiro atoms. The monoisotopic (exact) mass is 345 g/mol.